The molecule has 0 aliphatic heterocycles. The van der Waals surface area contributed by atoms with E-state index in [1.165, 1.54) is 7.11 Å². The van der Waals surface area contributed by atoms with Crippen LogP contribution in [-0.4, -0.2) is 45.2 Å². The number of carbonyl (C=O) groups is 2. The normalized spacial score (nSPS) is 10.6. The number of H-pyrrole nitrogens is 1. The van der Waals surface area contributed by atoms with Crippen LogP contribution in [0.25, 0.3) is 33.2 Å². The smallest absolute Gasteiger partial charge is 0.337 e. The number of carboxylic acids is 1. The minimum absolute atomic E-state index is 0.309. The van der Waals surface area contributed by atoms with Crippen LogP contribution in [0.5, 0.6) is 0 Å². The van der Waals surface area contributed by atoms with Gasteiger partial charge in [-0.05, 0) is 37.2 Å². The Morgan fingerprint density at radius 3 is 2.62 bits per heavy atom. The molecule has 32 heavy (non-hydrogen) atoms. The third kappa shape index (κ3) is 4.84. The minimum atomic E-state index is -0.833. The molecule has 0 saturated carbocycles. The van der Waals surface area contributed by atoms with Crippen LogP contribution in [0.1, 0.15) is 23.7 Å². The highest BCUT2D eigenvalue weighted by atomic mass is 16.5. The van der Waals surface area contributed by atoms with Gasteiger partial charge in [0.1, 0.15) is 5.69 Å². The van der Waals surface area contributed by atoms with Crippen molar-refractivity contribution in [3.05, 3.63) is 64.6 Å². The van der Waals surface area contributed by atoms with Gasteiger partial charge in [-0.25, -0.2) is 9.78 Å². The topological polar surface area (TPSA) is 140 Å². The molecule has 4 rings (SSSR count). The zero-order valence-corrected chi connectivity index (χ0v) is 17.8. The van der Waals surface area contributed by atoms with E-state index in [1.807, 2.05) is 30.5 Å². The number of para-hydroxylation sites is 1. The summed E-state index contributed by atoms with van der Waals surface area (Å²) in [5.41, 5.74) is 8.95. The molecule has 0 bridgehead atoms. The molecular formula is C23H24N4O5. The van der Waals surface area contributed by atoms with Gasteiger partial charge in [0.25, 0.3) is 11.5 Å². The Bertz CT molecular complexity index is 1340. The summed E-state index contributed by atoms with van der Waals surface area (Å²) in [7, 11) is 1.32. The van der Waals surface area contributed by atoms with Crippen LogP contribution in [0.2, 0.25) is 0 Å². The Morgan fingerprint density at radius 1 is 1.22 bits per heavy atom. The number of nitrogens with zero attached hydrogens (tertiary/aromatic N) is 2. The quantitative estimate of drug-likeness (QED) is 0.409. The number of nitrogens with one attached hydrogen (secondary N) is 1. The van der Waals surface area contributed by atoms with E-state index in [9.17, 15) is 9.59 Å². The lowest BCUT2D eigenvalue weighted by Gasteiger charge is -2.04. The molecule has 0 radical (unpaired) electrons. The molecule has 2 aromatic heterocycles. The van der Waals surface area contributed by atoms with Crippen LogP contribution < -0.4 is 11.3 Å². The monoisotopic (exact) mass is 436 g/mol. The molecule has 0 saturated heterocycles. The molecule has 0 unspecified atom stereocenters. The second-order valence-electron chi connectivity index (χ2n) is 7.05. The Hall–Kier alpha value is -3.98. The summed E-state index contributed by atoms with van der Waals surface area (Å²) in [4.78, 5) is 40.9. The maximum absolute atomic E-state index is 12.8. The van der Waals surface area contributed by atoms with E-state index in [4.69, 9.17) is 20.4 Å². The lowest BCUT2D eigenvalue weighted by Crippen LogP contribution is -2.12. The highest BCUT2D eigenvalue weighted by molar-refractivity contribution is 5.97. The number of esters is 1. The molecule has 0 aliphatic carbocycles. The van der Waals surface area contributed by atoms with Crippen molar-refractivity contribution in [3.8, 4) is 11.3 Å². The first kappa shape index (κ1) is 22.7. The van der Waals surface area contributed by atoms with Gasteiger partial charge >= 0.3 is 5.97 Å². The predicted octanol–water partition coefficient (Wildman–Crippen LogP) is 2.77. The van der Waals surface area contributed by atoms with Gasteiger partial charge in [0.2, 0.25) is 0 Å². The first-order chi connectivity index (χ1) is 15.3. The lowest BCUT2D eigenvalue weighted by molar-refractivity contribution is -0.134. The second kappa shape index (κ2) is 9.88. The van der Waals surface area contributed by atoms with Crippen molar-refractivity contribution in [2.45, 2.75) is 19.9 Å². The molecule has 9 nitrogen and oxygen atoms in total. The number of aliphatic carboxylic acids is 1. The van der Waals surface area contributed by atoms with E-state index >= 15 is 0 Å². The third-order valence-corrected chi connectivity index (χ3v) is 4.76. The first-order valence-corrected chi connectivity index (χ1v) is 9.96. The molecule has 2 heterocycles. The number of carboxylic acid groups (broad SMARTS) is 1. The van der Waals surface area contributed by atoms with E-state index in [0.717, 1.165) is 36.4 Å². The summed E-state index contributed by atoms with van der Waals surface area (Å²) < 4.78 is 6.83. The highest BCUT2D eigenvalue weighted by Gasteiger charge is 2.16. The SMILES string of the molecule is CC(=O)O.COC(=O)c1ccc2nc(-c3cn(CCCN)c4ccccc34)c(=O)[nH]c2c1. The van der Waals surface area contributed by atoms with Gasteiger partial charge in [-0.1, -0.05) is 18.2 Å². The molecule has 4 N–H and O–H groups in total. The Morgan fingerprint density at radius 2 is 1.94 bits per heavy atom. The molecule has 0 spiro atoms. The van der Waals surface area contributed by atoms with Crippen LogP contribution >= 0.6 is 0 Å². The van der Waals surface area contributed by atoms with Crippen LogP contribution in [0.4, 0.5) is 0 Å². The number of methoxy groups -OCH3 is 1. The van der Waals surface area contributed by atoms with E-state index < -0.39 is 11.9 Å². The predicted molar refractivity (Wildman–Crippen MR) is 122 cm³/mol. The van der Waals surface area contributed by atoms with Crippen molar-refractivity contribution in [2.75, 3.05) is 13.7 Å². The third-order valence-electron chi connectivity index (χ3n) is 4.76. The van der Waals surface area contributed by atoms with Gasteiger partial charge in [-0.2, -0.15) is 0 Å². The Kier molecular flexibility index (Phi) is 7.01. The lowest BCUT2D eigenvalue weighted by atomic mass is 10.1. The number of fused-ring (bicyclic) bond motifs is 2. The number of hydrogen-bond acceptors (Lipinski definition) is 6. The molecule has 2 aromatic carbocycles. The van der Waals surface area contributed by atoms with Gasteiger partial charge in [0, 0.05) is 36.1 Å². The molecule has 0 amide bonds. The number of ether oxygens (including phenoxy) is 1. The largest absolute Gasteiger partial charge is 0.481 e. The number of rotatable bonds is 5. The van der Waals surface area contributed by atoms with Crippen molar-refractivity contribution < 1.29 is 19.4 Å². The first-order valence-electron chi connectivity index (χ1n) is 9.96. The summed E-state index contributed by atoms with van der Waals surface area (Å²) in [6.07, 6.45) is 2.79. The fraction of sp³-hybridized carbons (Fsp3) is 0.217. The number of benzene rings is 2. The minimum Gasteiger partial charge on any atom is -0.481 e. The van der Waals surface area contributed by atoms with E-state index in [1.54, 1.807) is 18.2 Å². The zero-order valence-electron chi connectivity index (χ0n) is 17.8. The summed E-state index contributed by atoms with van der Waals surface area (Å²) in [5, 5.41) is 8.38. The van der Waals surface area contributed by atoms with E-state index in [-0.39, 0.29) is 5.56 Å². The number of aryl methyl sites for hydroxylation is 1. The Balaban J connectivity index is 0.000000668. The standard InChI is InChI=1S/C21H20N4O3.C2H4O2/c1-28-21(27)13-7-8-16-17(11-13)24-20(26)19(23-16)15-12-25(10-4-9-22)18-6-3-2-5-14(15)18;1-2(3)4/h2-3,5-8,11-12H,4,9-10,22H2,1H3,(H,24,26);1H3,(H,3,4). The van der Waals surface area contributed by atoms with Gasteiger partial charge in [0.05, 0.1) is 23.7 Å². The van der Waals surface area contributed by atoms with E-state index in [0.29, 0.717) is 28.8 Å². The van der Waals surface area contributed by atoms with Gasteiger partial charge < -0.3 is 25.1 Å². The van der Waals surface area contributed by atoms with Crippen molar-refractivity contribution in [1.82, 2.24) is 14.5 Å². The molecule has 166 valence electrons. The summed E-state index contributed by atoms with van der Waals surface area (Å²) in [6, 6.07) is 12.8. The van der Waals surface area contributed by atoms with Gasteiger partial charge in [0.15, 0.2) is 0 Å². The Labute approximate surface area is 183 Å². The van der Waals surface area contributed by atoms with Crippen molar-refractivity contribution >= 4 is 33.9 Å². The average molecular weight is 436 g/mol. The van der Waals surface area contributed by atoms with Crippen LogP contribution in [0, 0.1) is 0 Å². The van der Waals surface area contributed by atoms with Crippen LogP contribution in [0.3, 0.4) is 0 Å². The summed E-state index contributed by atoms with van der Waals surface area (Å²) in [6.45, 7) is 2.45. The number of aromatic amines is 1. The second-order valence-corrected chi connectivity index (χ2v) is 7.05. The average Bonchev–Trinajstić information content (AvgIpc) is 3.14. The van der Waals surface area contributed by atoms with Crippen molar-refractivity contribution in [1.29, 1.82) is 0 Å². The van der Waals surface area contributed by atoms with Gasteiger partial charge in [-0.15, -0.1) is 0 Å². The number of aromatic nitrogens is 3. The molecule has 9 heteroatoms. The summed E-state index contributed by atoms with van der Waals surface area (Å²) in [5.74, 6) is -1.30. The molecule has 0 fully saturated rings. The van der Waals surface area contributed by atoms with Crippen molar-refractivity contribution in [2.24, 2.45) is 5.73 Å². The number of carbonyl (C=O) groups excluding carboxylic acids is 1. The number of hydrogen-bond donors (Lipinski definition) is 3. The van der Waals surface area contributed by atoms with Gasteiger partial charge in [-0.3, -0.25) is 9.59 Å². The molecule has 4 aromatic rings. The summed E-state index contributed by atoms with van der Waals surface area (Å²) >= 11 is 0. The fourth-order valence-corrected chi connectivity index (χ4v) is 3.40. The van der Waals surface area contributed by atoms with Crippen LogP contribution in [-0.2, 0) is 16.1 Å². The highest BCUT2D eigenvalue weighted by Crippen LogP contribution is 2.28. The maximum Gasteiger partial charge on any atom is 0.337 e. The fourth-order valence-electron chi connectivity index (χ4n) is 3.40. The van der Waals surface area contributed by atoms with Crippen molar-refractivity contribution in [3.63, 3.8) is 0 Å². The molecular weight excluding hydrogens is 412 g/mol. The molecule has 0 atom stereocenters. The zero-order chi connectivity index (χ0) is 23.3. The maximum atomic E-state index is 12.8. The number of nitrogens with two attached hydrogens (primary N) is 1. The molecule has 0 aliphatic rings. The van der Waals surface area contributed by atoms with E-state index in [2.05, 4.69) is 14.5 Å². The van der Waals surface area contributed by atoms with Crippen LogP contribution in [0.15, 0.2) is 53.5 Å².